The van der Waals surface area contributed by atoms with Gasteiger partial charge in [-0.25, -0.2) is 18.4 Å². The lowest BCUT2D eigenvalue weighted by atomic mass is 10.0. The number of ether oxygens (including phenoxy) is 3. The van der Waals surface area contributed by atoms with Crippen LogP contribution in [-0.2, 0) is 23.8 Å². The molecule has 1 aliphatic heterocycles. The van der Waals surface area contributed by atoms with Crippen molar-refractivity contribution in [3.05, 3.63) is 111 Å². The molecule has 0 aliphatic carbocycles. The summed E-state index contributed by atoms with van der Waals surface area (Å²) >= 11 is 0. The fraction of sp³-hybridized carbons (Fsp3) is 0.342. The third-order valence-electron chi connectivity index (χ3n) is 8.31. The maximum absolute atomic E-state index is 16.7. The molecule has 12 nitrogen and oxygen atoms in total. The van der Waals surface area contributed by atoms with E-state index in [1.807, 2.05) is 12.1 Å². The van der Waals surface area contributed by atoms with Crippen LogP contribution in [0.25, 0.3) is 10.9 Å². The molecule has 2 amide bonds. The number of carbonyl (C=O) groups excluding carboxylic acids is 4. The lowest BCUT2D eigenvalue weighted by Gasteiger charge is -2.37. The van der Waals surface area contributed by atoms with Crippen molar-refractivity contribution in [1.29, 1.82) is 0 Å². The van der Waals surface area contributed by atoms with Gasteiger partial charge in [-0.2, -0.15) is 0 Å². The van der Waals surface area contributed by atoms with Gasteiger partial charge in [-0.15, -0.1) is 0 Å². The van der Waals surface area contributed by atoms with E-state index in [-0.39, 0.29) is 32.8 Å². The summed E-state index contributed by atoms with van der Waals surface area (Å²) in [6.07, 6.45) is -1.29. The monoisotopic (exact) mass is 718 g/mol. The van der Waals surface area contributed by atoms with E-state index >= 15 is 8.78 Å². The third kappa shape index (κ3) is 8.22. The largest absolute Gasteiger partial charge is 0.462 e. The zero-order valence-corrected chi connectivity index (χ0v) is 29.6. The maximum Gasteiger partial charge on any atom is 0.410 e. The number of carbonyl (C=O) groups is 4. The molecule has 1 aromatic heterocycles. The standard InChI is InChI=1S/C38H40F2N4O8/c1-6-50-36(48)27-23-44(41(5)29(45)22-30(46)51-35(24-13-9-7-10-14-24)25-15-11-8-12-16-25)32-26(34(27)47)21-28(39)33(31(32)40)42-17-19-43(20-18-42)37(49)52-38(2,3)4/h7-16,21,23,35H,6,17-20,22H2,1-5H3. The summed E-state index contributed by atoms with van der Waals surface area (Å²) in [6.45, 7) is 6.83. The van der Waals surface area contributed by atoms with Crippen LogP contribution in [0, 0.1) is 11.6 Å². The van der Waals surface area contributed by atoms with Crippen LogP contribution in [0.3, 0.4) is 0 Å². The Kier molecular flexibility index (Phi) is 11.3. The van der Waals surface area contributed by atoms with E-state index in [2.05, 4.69) is 0 Å². The first kappa shape index (κ1) is 37.5. The number of hydrogen-bond donors (Lipinski definition) is 0. The van der Waals surface area contributed by atoms with Gasteiger partial charge in [-0.1, -0.05) is 60.7 Å². The molecule has 4 aromatic rings. The van der Waals surface area contributed by atoms with Crippen molar-refractivity contribution >= 4 is 40.5 Å². The minimum Gasteiger partial charge on any atom is -0.462 e. The number of benzene rings is 3. The second-order valence-corrected chi connectivity index (χ2v) is 13.1. The molecule has 5 rings (SSSR count). The molecule has 0 bridgehead atoms. The average Bonchev–Trinajstić information content (AvgIpc) is 3.11. The number of rotatable bonds is 9. The lowest BCUT2D eigenvalue weighted by molar-refractivity contribution is -0.149. The SMILES string of the molecule is CCOC(=O)c1cn(N(C)C(=O)CC(=O)OC(c2ccccc2)c2ccccc2)c2c(F)c(N3CCN(C(=O)OC(C)(C)C)CC3)c(F)cc2c1=O. The van der Waals surface area contributed by atoms with Gasteiger partial charge < -0.3 is 24.0 Å². The number of pyridine rings is 1. The highest BCUT2D eigenvalue weighted by molar-refractivity contribution is 6.01. The molecular formula is C38H40F2N4O8. The Balaban J connectivity index is 1.48. The summed E-state index contributed by atoms with van der Waals surface area (Å²) in [6, 6.07) is 18.7. The highest BCUT2D eigenvalue weighted by atomic mass is 19.1. The molecule has 14 heteroatoms. The number of fused-ring (bicyclic) bond motifs is 1. The van der Waals surface area contributed by atoms with E-state index in [4.69, 9.17) is 14.2 Å². The number of esters is 2. The number of piperazine rings is 1. The first-order chi connectivity index (χ1) is 24.7. The molecule has 0 radical (unpaired) electrons. The quantitative estimate of drug-likeness (QED) is 0.128. The second kappa shape index (κ2) is 15.6. The summed E-state index contributed by atoms with van der Waals surface area (Å²) in [4.78, 5) is 68.6. The Morgan fingerprint density at radius 3 is 2.02 bits per heavy atom. The summed E-state index contributed by atoms with van der Waals surface area (Å²) in [5.41, 5.74) is -2.02. The Hall–Kier alpha value is -5.79. The number of anilines is 1. The number of nitrogens with zero attached hydrogens (tertiary/aromatic N) is 4. The van der Waals surface area contributed by atoms with Gasteiger partial charge in [0.2, 0.25) is 5.43 Å². The van der Waals surface area contributed by atoms with Gasteiger partial charge in [0.25, 0.3) is 5.91 Å². The maximum atomic E-state index is 16.7. The van der Waals surface area contributed by atoms with Crippen molar-refractivity contribution in [2.75, 3.05) is 49.7 Å². The first-order valence-corrected chi connectivity index (χ1v) is 16.7. The molecule has 0 unspecified atom stereocenters. The van der Waals surface area contributed by atoms with Gasteiger partial charge in [-0.3, -0.25) is 24.1 Å². The Morgan fingerprint density at radius 2 is 1.48 bits per heavy atom. The third-order valence-corrected chi connectivity index (χ3v) is 8.31. The van der Waals surface area contributed by atoms with Crippen molar-refractivity contribution in [3.63, 3.8) is 0 Å². The minimum absolute atomic E-state index is 0.0222. The highest BCUT2D eigenvalue weighted by Gasteiger charge is 2.32. The van der Waals surface area contributed by atoms with Crippen LogP contribution >= 0.6 is 0 Å². The average molecular weight is 719 g/mol. The molecule has 0 atom stereocenters. The van der Waals surface area contributed by atoms with Crippen LogP contribution in [0.1, 0.15) is 61.7 Å². The van der Waals surface area contributed by atoms with E-state index in [0.29, 0.717) is 11.1 Å². The normalized spacial score (nSPS) is 13.2. The van der Waals surface area contributed by atoms with Crippen molar-refractivity contribution in [1.82, 2.24) is 9.58 Å². The van der Waals surface area contributed by atoms with E-state index in [0.717, 1.165) is 21.9 Å². The smallest absolute Gasteiger partial charge is 0.410 e. The molecule has 1 fully saturated rings. The van der Waals surface area contributed by atoms with E-state index < -0.39 is 81.3 Å². The van der Waals surface area contributed by atoms with Gasteiger partial charge in [0.05, 0.1) is 12.0 Å². The first-order valence-electron chi connectivity index (χ1n) is 16.7. The topological polar surface area (TPSA) is 128 Å². The summed E-state index contributed by atoms with van der Waals surface area (Å²) in [7, 11) is 1.21. The van der Waals surface area contributed by atoms with Crippen LogP contribution in [-0.4, -0.2) is 78.9 Å². The van der Waals surface area contributed by atoms with E-state index in [9.17, 15) is 24.0 Å². The molecule has 0 N–H and O–H groups in total. The Labute approximate surface area is 299 Å². The number of amides is 2. The van der Waals surface area contributed by atoms with E-state index in [1.165, 1.54) is 23.8 Å². The fourth-order valence-electron chi connectivity index (χ4n) is 5.82. The zero-order chi connectivity index (χ0) is 37.7. The second-order valence-electron chi connectivity index (χ2n) is 13.1. The summed E-state index contributed by atoms with van der Waals surface area (Å²) < 4.78 is 49.5. The van der Waals surface area contributed by atoms with Gasteiger partial charge >= 0.3 is 18.0 Å². The van der Waals surface area contributed by atoms with Gasteiger partial charge in [0.15, 0.2) is 11.9 Å². The molecule has 274 valence electrons. The molecule has 0 saturated carbocycles. The van der Waals surface area contributed by atoms with Gasteiger partial charge in [0, 0.05) is 39.4 Å². The van der Waals surface area contributed by atoms with Crippen molar-refractivity contribution < 1.29 is 42.2 Å². The van der Waals surface area contributed by atoms with Gasteiger partial charge in [0.1, 0.15) is 34.6 Å². The van der Waals surface area contributed by atoms with Crippen molar-refractivity contribution in [2.45, 2.75) is 45.8 Å². The summed E-state index contributed by atoms with van der Waals surface area (Å²) in [5.74, 6) is -5.14. The predicted molar refractivity (Wildman–Crippen MR) is 189 cm³/mol. The highest BCUT2D eigenvalue weighted by Crippen LogP contribution is 2.32. The van der Waals surface area contributed by atoms with E-state index in [1.54, 1.807) is 69.3 Å². The molecule has 52 heavy (non-hydrogen) atoms. The Bertz CT molecular complexity index is 1990. The van der Waals surface area contributed by atoms with Crippen LogP contribution in [0.15, 0.2) is 77.7 Å². The molecule has 3 aromatic carbocycles. The van der Waals surface area contributed by atoms with Crippen molar-refractivity contribution in [3.8, 4) is 0 Å². The van der Waals surface area contributed by atoms with Crippen LogP contribution < -0.4 is 15.3 Å². The lowest BCUT2D eigenvalue weighted by Crippen LogP contribution is -2.50. The Morgan fingerprint density at radius 1 is 0.904 bits per heavy atom. The minimum atomic E-state index is -1.19. The van der Waals surface area contributed by atoms with Crippen LogP contribution in [0.5, 0.6) is 0 Å². The number of halogens is 2. The molecular weight excluding hydrogens is 678 g/mol. The fourth-order valence-corrected chi connectivity index (χ4v) is 5.82. The van der Waals surface area contributed by atoms with Crippen LogP contribution in [0.2, 0.25) is 0 Å². The molecule has 1 aliphatic rings. The van der Waals surface area contributed by atoms with Gasteiger partial charge in [-0.05, 0) is 44.9 Å². The number of aromatic nitrogens is 1. The summed E-state index contributed by atoms with van der Waals surface area (Å²) in [5, 5.41) is 0.309. The predicted octanol–water partition coefficient (Wildman–Crippen LogP) is 5.33. The van der Waals surface area contributed by atoms with Crippen LogP contribution in [0.4, 0.5) is 19.3 Å². The molecule has 1 saturated heterocycles. The number of hydrogen-bond acceptors (Lipinski definition) is 9. The molecule has 0 spiro atoms. The van der Waals surface area contributed by atoms with Crippen molar-refractivity contribution in [2.24, 2.45) is 0 Å². The molecule has 2 heterocycles. The zero-order valence-electron chi connectivity index (χ0n) is 29.6.